The summed E-state index contributed by atoms with van der Waals surface area (Å²) in [5.41, 5.74) is 2.27. The maximum absolute atomic E-state index is 13.1. The Bertz CT molecular complexity index is 1900. The number of carbonyl (C=O) groups is 3. The minimum Gasteiger partial charge on any atom is -0.274 e. The first-order valence-corrected chi connectivity index (χ1v) is 15.2. The fourth-order valence-electron chi connectivity index (χ4n) is 5.70. The van der Waals surface area contributed by atoms with Crippen LogP contribution in [0.5, 0.6) is 0 Å². The molecule has 4 aromatic rings. The Balaban J connectivity index is 1.26. The SMILES string of the molecule is Cc1cc(C)n(C(=O)/C(C#N)=C/c2ccc(Sc3nc4ccc(N5C(=O)[C@H]6CCCC[C@H]6C5=O)cc4s3)c([N+](=O)[O-])c2)n1. The molecular weight excluding hydrogens is 589 g/mol. The minimum absolute atomic E-state index is 0.144. The lowest BCUT2D eigenvalue weighted by atomic mass is 9.81. The van der Waals surface area contributed by atoms with E-state index in [1.54, 1.807) is 50.2 Å². The number of nitrogens with zero attached hydrogens (tertiary/aromatic N) is 6. The molecule has 0 N–H and O–H groups in total. The van der Waals surface area contributed by atoms with Crippen LogP contribution in [0.1, 0.15) is 47.4 Å². The lowest BCUT2D eigenvalue weighted by molar-refractivity contribution is -0.387. The topological polar surface area (TPSA) is 152 Å². The fraction of sp³-hybridized carbons (Fsp3) is 0.267. The summed E-state index contributed by atoms with van der Waals surface area (Å²) < 4.78 is 2.42. The molecule has 2 amide bonds. The number of nitriles is 1. The summed E-state index contributed by atoms with van der Waals surface area (Å²) in [4.78, 5) is 56.7. The summed E-state index contributed by atoms with van der Waals surface area (Å²) in [6, 6.07) is 13.3. The van der Waals surface area contributed by atoms with Crippen LogP contribution in [0.3, 0.4) is 0 Å². The minimum atomic E-state index is -0.626. The Morgan fingerprint density at radius 2 is 1.84 bits per heavy atom. The number of hydrogen-bond donors (Lipinski definition) is 0. The third-order valence-corrected chi connectivity index (χ3v) is 9.84. The van der Waals surface area contributed by atoms with Crippen molar-refractivity contribution in [3.8, 4) is 6.07 Å². The van der Waals surface area contributed by atoms with Gasteiger partial charge in [0.05, 0.1) is 43.3 Å². The van der Waals surface area contributed by atoms with Crippen molar-refractivity contribution >= 4 is 68.5 Å². The second kappa shape index (κ2) is 11.2. The van der Waals surface area contributed by atoms with Gasteiger partial charge in [-0.25, -0.2) is 9.67 Å². The van der Waals surface area contributed by atoms with Crippen LogP contribution in [0.15, 0.2) is 57.3 Å². The molecule has 1 aliphatic heterocycles. The number of aryl methyl sites for hydroxylation is 2. The van der Waals surface area contributed by atoms with Crippen LogP contribution >= 0.6 is 23.1 Å². The number of carbonyl (C=O) groups excluding carboxylic acids is 3. The van der Waals surface area contributed by atoms with Gasteiger partial charge in [-0.05, 0) is 68.7 Å². The molecule has 1 saturated carbocycles. The third-order valence-electron chi connectivity index (χ3n) is 7.69. The van der Waals surface area contributed by atoms with Crippen molar-refractivity contribution in [2.45, 2.75) is 48.8 Å². The third kappa shape index (κ3) is 5.24. The number of thiazole rings is 1. The summed E-state index contributed by atoms with van der Waals surface area (Å²) >= 11 is 2.42. The van der Waals surface area contributed by atoms with E-state index in [-0.39, 0.29) is 34.9 Å². The predicted molar refractivity (Wildman–Crippen MR) is 161 cm³/mol. The van der Waals surface area contributed by atoms with E-state index in [9.17, 15) is 29.8 Å². The van der Waals surface area contributed by atoms with Crippen LogP contribution in [-0.2, 0) is 9.59 Å². The van der Waals surface area contributed by atoms with Gasteiger partial charge >= 0.3 is 0 Å². The van der Waals surface area contributed by atoms with Gasteiger partial charge in [-0.15, -0.1) is 11.3 Å². The monoisotopic (exact) mass is 612 g/mol. The highest BCUT2D eigenvalue weighted by atomic mass is 32.2. The second-order valence-electron chi connectivity index (χ2n) is 10.5. The fourth-order valence-corrected chi connectivity index (χ4v) is 7.84. The summed E-state index contributed by atoms with van der Waals surface area (Å²) in [5, 5.41) is 25.7. The van der Waals surface area contributed by atoms with Gasteiger partial charge < -0.3 is 0 Å². The van der Waals surface area contributed by atoms with Gasteiger partial charge in [0.15, 0.2) is 4.34 Å². The predicted octanol–water partition coefficient (Wildman–Crippen LogP) is 6.10. The van der Waals surface area contributed by atoms with E-state index < -0.39 is 10.8 Å². The summed E-state index contributed by atoms with van der Waals surface area (Å²) in [6.45, 7) is 3.43. The zero-order chi connectivity index (χ0) is 30.4. The molecule has 3 heterocycles. The number of nitro benzene ring substituents is 1. The number of hydrogen-bond acceptors (Lipinski definition) is 10. The van der Waals surface area contributed by atoms with Crippen molar-refractivity contribution in [1.29, 1.82) is 5.26 Å². The van der Waals surface area contributed by atoms with E-state index in [1.165, 1.54) is 28.4 Å². The van der Waals surface area contributed by atoms with Crippen molar-refractivity contribution in [3.05, 3.63) is 75.1 Å². The molecule has 216 valence electrons. The molecule has 0 unspecified atom stereocenters. The number of benzene rings is 2. The highest BCUT2D eigenvalue weighted by Crippen LogP contribution is 2.43. The van der Waals surface area contributed by atoms with Crippen molar-refractivity contribution in [3.63, 3.8) is 0 Å². The standard InChI is InChI=1S/C30H24N6O5S2/c1-16-11-17(2)35(33-16)27(37)19(15-31)12-18-7-10-25(24(13-18)36(40)41)42-30-32-23-9-8-20(14-26(23)43-30)34-28(38)21-5-3-4-6-22(21)29(34)39/h7-14,21-22H,3-6H2,1-2H3/b19-12+/t21-,22+. The zero-order valence-corrected chi connectivity index (χ0v) is 24.8. The number of rotatable bonds is 6. The van der Waals surface area contributed by atoms with Crippen molar-refractivity contribution in [1.82, 2.24) is 14.8 Å². The average molecular weight is 613 g/mol. The Morgan fingerprint density at radius 3 is 2.47 bits per heavy atom. The number of fused-ring (bicyclic) bond motifs is 2. The molecule has 13 heteroatoms. The van der Waals surface area contributed by atoms with Gasteiger partial charge in [0.25, 0.3) is 11.6 Å². The van der Waals surface area contributed by atoms with E-state index in [1.807, 2.05) is 6.07 Å². The quantitative estimate of drug-likeness (QED) is 0.0827. The van der Waals surface area contributed by atoms with Crippen molar-refractivity contribution in [2.24, 2.45) is 11.8 Å². The first-order chi connectivity index (χ1) is 20.6. The number of aromatic nitrogens is 3. The molecule has 1 aliphatic carbocycles. The van der Waals surface area contributed by atoms with Gasteiger partial charge in [0.2, 0.25) is 11.8 Å². The van der Waals surface area contributed by atoms with Crippen LogP contribution in [0.4, 0.5) is 11.4 Å². The molecule has 11 nitrogen and oxygen atoms in total. The van der Waals surface area contributed by atoms with Gasteiger partial charge in [-0.1, -0.05) is 30.7 Å². The van der Waals surface area contributed by atoms with Gasteiger partial charge in [0, 0.05) is 11.8 Å². The highest BCUT2D eigenvalue weighted by molar-refractivity contribution is 8.01. The van der Waals surface area contributed by atoms with E-state index in [0.717, 1.165) is 46.8 Å². The Kier molecular flexibility index (Phi) is 7.41. The molecule has 2 aromatic heterocycles. The van der Waals surface area contributed by atoms with E-state index in [2.05, 4.69) is 10.1 Å². The molecule has 2 fully saturated rings. The van der Waals surface area contributed by atoms with Crippen molar-refractivity contribution in [2.75, 3.05) is 4.90 Å². The maximum atomic E-state index is 13.1. The summed E-state index contributed by atoms with van der Waals surface area (Å²) in [6.07, 6.45) is 4.68. The maximum Gasteiger partial charge on any atom is 0.289 e. The van der Waals surface area contributed by atoms with E-state index in [4.69, 9.17) is 0 Å². The van der Waals surface area contributed by atoms with E-state index in [0.29, 0.717) is 37.4 Å². The number of amides is 2. The molecule has 2 aliphatic rings. The van der Waals surface area contributed by atoms with Crippen LogP contribution in [-0.4, -0.2) is 37.4 Å². The first-order valence-electron chi connectivity index (χ1n) is 13.6. The number of anilines is 1. The molecule has 0 bridgehead atoms. The second-order valence-corrected chi connectivity index (χ2v) is 12.9. The van der Waals surface area contributed by atoms with Crippen molar-refractivity contribution < 1.29 is 19.3 Å². The summed E-state index contributed by atoms with van der Waals surface area (Å²) in [5.74, 6) is -1.41. The number of nitro groups is 1. The number of imide groups is 1. The molecule has 0 spiro atoms. The Labute approximate surface area is 254 Å². The van der Waals surface area contributed by atoms with Crippen LogP contribution in [0.25, 0.3) is 16.3 Å². The molecule has 2 atom stereocenters. The molecule has 0 radical (unpaired) electrons. The number of allylic oxidation sites excluding steroid dienone is 1. The van der Waals surface area contributed by atoms with Gasteiger partial charge in [-0.3, -0.25) is 29.4 Å². The molecule has 6 rings (SSSR count). The normalized spacial score (nSPS) is 18.6. The highest BCUT2D eigenvalue weighted by Gasteiger charge is 2.48. The van der Waals surface area contributed by atoms with Crippen LogP contribution in [0, 0.1) is 47.1 Å². The van der Waals surface area contributed by atoms with Crippen LogP contribution in [0.2, 0.25) is 0 Å². The molecule has 1 saturated heterocycles. The zero-order valence-electron chi connectivity index (χ0n) is 23.1. The lowest BCUT2D eigenvalue weighted by Crippen LogP contribution is -2.30. The molecule has 43 heavy (non-hydrogen) atoms. The molecular formula is C30H24N6O5S2. The lowest BCUT2D eigenvalue weighted by Gasteiger charge is -2.19. The summed E-state index contributed by atoms with van der Waals surface area (Å²) in [7, 11) is 0. The van der Waals surface area contributed by atoms with Crippen LogP contribution < -0.4 is 4.90 Å². The average Bonchev–Trinajstić information content (AvgIpc) is 3.63. The van der Waals surface area contributed by atoms with Gasteiger partial charge in [0.1, 0.15) is 11.6 Å². The van der Waals surface area contributed by atoms with E-state index >= 15 is 0 Å². The largest absolute Gasteiger partial charge is 0.289 e. The Morgan fingerprint density at radius 1 is 1.12 bits per heavy atom. The Hall–Kier alpha value is -4.67. The first kappa shape index (κ1) is 28.4. The molecule has 2 aromatic carbocycles. The smallest absolute Gasteiger partial charge is 0.274 e. The van der Waals surface area contributed by atoms with Gasteiger partial charge in [-0.2, -0.15) is 10.4 Å².